The Morgan fingerprint density at radius 3 is 2.00 bits per heavy atom. The Labute approximate surface area is 70.8 Å². The number of para-hydroxylation sites is 1. The molecule has 0 unspecified atom stereocenters. The molecule has 1 aromatic carbocycles. The van der Waals surface area contributed by atoms with Crippen molar-refractivity contribution in [3.63, 3.8) is 0 Å². The van der Waals surface area contributed by atoms with Crippen LogP contribution in [0.1, 0.15) is 0 Å². The summed E-state index contributed by atoms with van der Waals surface area (Å²) in [5.74, 6) is 0. The third-order valence-corrected chi connectivity index (χ3v) is 1.91. The summed E-state index contributed by atoms with van der Waals surface area (Å²) in [6.07, 6.45) is 0. The van der Waals surface area contributed by atoms with Crippen molar-refractivity contribution in [1.29, 1.82) is 0 Å². The highest BCUT2D eigenvalue weighted by atomic mass is 19.3. The Morgan fingerprint density at radius 1 is 1.08 bits per heavy atom. The average Bonchev–Trinajstić information content (AvgIpc) is 2.06. The van der Waals surface area contributed by atoms with E-state index in [-0.39, 0.29) is 4.48 Å². The molecule has 0 saturated carbocycles. The van der Waals surface area contributed by atoms with Gasteiger partial charge in [0.15, 0.2) is 0 Å². The molecule has 66 valence electrons. The van der Waals surface area contributed by atoms with Crippen molar-refractivity contribution < 1.29 is 8.78 Å². The molecule has 0 aromatic heterocycles. The Hall–Kier alpha value is -0.960. The minimum Gasteiger partial charge on any atom is -0.238 e. The highest BCUT2D eigenvalue weighted by Gasteiger charge is 2.29. The molecule has 0 N–H and O–H groups in total. The zero-order chi connectivity index (χ0) is 9.19. The minimum absolute atomic E-state index is 0.388. The zero-order valence-corrected chi connectivity index (χ0v) is 7.17. The number of nitrogens with zero attached hydrogens (tertiary/aromatic N) is 1. The van der Waals surface area contributed by atoms with E-state index >= 15 is 0 Å². The molecule has 0 atom stereocenters. The van der Waals surface area contributed by atoms with E-state index in [2.05, 4.69) is 0 Å². The molecule has 0 amide bonds. The lowest BCUT2D eigenvalue weighted by Gasteiger charge is -2.27. The van der Waals surface area contributed by atoms with Crippen LogP contribution in [0.25, 0.3) is 0 Å². The highest BCUT2D eigenvalue weighted by molar-refractivity contribution is 5.40. The van der Waals surface area contributed by atoms with Gasteiger partial charge in [0.25, 0.3) is 0 Å². The van der Waals surface area contributed by atoms with E-state index in [1.807, 2.05) is 6.07 Å². The fraction of sp³-hybridized carbons (Fsp3) is 0.333. The summed E-state index contributed by atoms with van der Waals surface area (Å²) in [4.78, 5) is 0. The standard InChI is InChI=1S/C9H12F2N/c1-12(2,9(10)11)8-6-4-3-5-7-8/h3-7,9H,1-2H3/q+1. The first-order chi connectivity index (χ1) is 5.55. The fourth-order valence-electron chi connectivity index (χ4n) is 0.925. The number of rotatable bonds is 2. The number of halogens is 2. The molecule has 1 aromatic rings. The number of hydrogen-bond acceptors (Lipinski definition) is 0. The van der Waals surface area contributed by atoms with Crippen molar-refractivity contribution in [1.82, 2.24) is 4.48 Å². The number of quaternary nitrogens is 1. The van der Waals surface area contributed by atoms with Gasteiger partial charge < -0.3 is 0 Å². The van der Waals surface area contributed by atoms with Crippen LogP contribution in [-0.2, 0) is 0 Å². The van der Waals surface area contributed by atoms with Crippen LogP contribution in [0.5, 0.6) is 0 Å². The first-order valence-electron chi connectivity index (χ1n) is 3.72. The van der Waals surface area contributed by atoms with Crippen LogP contribution in [0.3, 0.4) is 0 Å². The summed E-state index contributed by atoms with van der Waals surface area (Å²) in [7, 11) is 2.97. The smallest absolute Gasteiger partial charge is 0.238 e. The van der Waals surface area contributed by atoms with Gasteiger partial charge in [-0.3, -0.25) is 0 Å². The Bertz CT molecular complexity index is 244. The lowest BCUT2D eigenvalue weighted by atomic mass is 10.3. The summed E-state index contributed by atoms with van der Waals surface area (Å²) < 4.78 is 24.6. The Morgan fingerprint density at radius 2 is 1.58 bits per heavy atom. The second-order valence-electron chi connectivity index (χ2n) is 3.15. The highest BCUT2D eigenvalue weighted by Crippen LogP contribution is 2.22. The zero-order valence-electron chi connectivity index (χ0n) is 7.17. The molecule has 0 aliphatic carbocycles. The maximum atomic E-state index is 12.5. The van der Waals surface area contributed by atoms with E-state index in [1.165, 1.54) is 14.1 Å². The van der Waals surface area contributed by atoms with Crippen LogP contribution < -0.4 is 4.48 Å². The van der Waals surface area contributed by atoms with Crippen LogP contribution in [0.4, 0.5) is 14.5 Å². The molecule has 1 nitrogen and oxygen atoms in total. The summed E-state index contributed by atoms with van der Waals surface area (Å²) in [6, 6.07) is 8.74. The summed E-state index contributed by atoms with van der Waals surface area (Å²) in [5, 5.41) is 0. The third kappa shape index (κ3) is 1.61. The van der Waals surface area contributed by atoms with Gasteiger partial charge in [-0.1, -0.05) is 18.2 Å². The third-order valence-electron chi connectivity index (χ3n) is 1.91. The van der Waals surface area contributed by atoms with Gasteiger partial charge in [0, 0.05) is 0 Å². The number of alkyl halides is 2. The molecule has 0 radical (unpaired) electrons. The normalized spacial score (nSPS) is 12.1. The maximum Gasteiger partial charge on any atom is 0.385 e. The van der Waals surface area contributed by atoms with Crippen molar-refractivity contribution in [2.24, 2.45) is 0 Å². The van der Waals surface area contributed by atoms with Gasteiger partial charge in [-0.2, -0.15) is 8.78 Å². The Kier molecular flexibility index (Phi) is 2.43. The maximum absolute atomic E-state index is 12.5. The molecule has 0 heterocycles. The molecule has 0 bridgehead atoms. The van der Waals surface area contributed by atoms with Gasteiger partial charge in [0.1, 0.15) is 5.69 Å². The summed E-state index contributed by atoms with van der Waals surface area (Å²) >= 11 is 0. The molecule has 1 rings (SSSR count). The van der Waals surface area contributed by atoms with Crippen molar-refractivity contribution in [3.8, 4) is 0 Å². The lowest BCUT2D eigenvalue weighted by molar-refractivity contribution is 0.0128. The van der Waals surface area contributed by atoms with Crippen LogP contribution in [0.2, 0.25) is 0 Å². The van der Waals surface area contributed by atoms with Gasteiger partial charge >= 0.3 is 6.55 Å². The van der Waals surface area contributed by atoms with E-state index in [1.54, 1.807) is 24.3 Å². The fourth-order valence-corrected chi connectivity index (χ4v) is 0.925. The molecular formula is C9H12F2N+. The summed E-state index contributed by atoms with van der Waals surface area (Å²) in [6.45, 7) is -2.38. The Balaban J connectivity index is 2.98. The summed E-state index contributed by atoms with van der Waals surface area (Å²) in [5.41, 5.74) is 0.618. The van der Waals surface area contributed by atoms with Gasteiger partial charge in [0.2, 0.25) is 0 Å². The molecule has 0 spiro atoms. The van der Waals surface area contributed by atoms with E-state index in [9.17, 15) is 8.78 Å². The average molecular weight is 172 g/mol. The topological polar surface area (TPSA) is 0 Å². The van der Waals surface area contributed by atoms with Gasteiger partial charge in [-0.25, -0.2) is 4.48 Å². The van der Waals surface area contributed by atoms with Gasteiger partial charge in [-0.15, -0.1) is 0 Å². The number of benzene rings is 1. The largest absolute Gasteiger partial charge is 0.385 e. The van der Waals surface area contributed by atoms with Crippen LogP contribution >= 0.6 is 0 Å². The molecule has 0 fully saturated rings. The van der Waals surface area contributed by atoms with Gasteiger partial charge in [0.05, 0.1) is 14.1 Å². The molecule has 0 aliphatic heterocycles. The van der Waals surface area contributed by atoms with E-state index in [4.69, 9.17) is 0 Å². The monoisotopic (exact) mass is 172 g/mol. The second kappa shape index (κ2) is 3.19. The lowest BCUT2D eigenvalue weighted by Crippen LogP contribution is -2.45. The van der Waals surface area contributed by atoms with E-state index in [0.29, 0.717) is 5.69 Å². The van der Waals surface area contributed by atoms with Crippen LogP contribution in [0, 0.1) is 0 Å². The minimum atomic E-state index is -2.38. The molecule has 0 aliphatic rings. The van der Waals surface area contributed by atoms with Crippen molar-refractivity contribution in [3.05, 3.63) is 30.3 Å². The molecule has 0 saturated heterocycles. The first kappa shape index (κ1) is 9.13. The second-order valence-corrected chi connectivity index (χ2v) is 3.15. The predicted molar refractivity (Wildman–Crippen MR) is 46.1 cm³/mol. The quantitative estimate of drug-likeness (QED) is 0.475. The number of hydrogen-bond donors (Lipinski definition) is 0. The molecular weight excluding hydrogens is 160 g/mol. The SMILES string of the molecule is C[N+](C)(c1ccccc1)C(F)F. The first-order valence-corrected chi connectivity index (χ1v) is 3.72. The molecule has 3 heteroatoms. The van der Waals surface area contributed by atoms with Crippen molar-refractivity contribution in [2.45, 2.75) is 6.55 Å². The van der Waals surface area contributed by atoms with E-state index in [0.717, 1.165) is 0 Å². The van der Waals surface area contributed by atoms with Gasteiger partial charge in [-0.05, 0) is 12.1 Å². The van der Waals surface area contributed by atoms with Crippen molar-refractivity contribution >= 4 is 5.69 Å². The van der Waals surface area contributed by atoms with Crippen molar-refractivity contribution in [2.75, 3.05) is 14.1 Å². The predicted octanol–water partition coefficient (Wildman–Crippen LogP) is 2.48. The van der Waals surface area contributed by atoms with Crippen LogP contribution in [-0.4, -0.2) is 20.6 Å². The molecule has 12 heavy (non-hydrogen) atoms. The van der Waals surface area contributed by atoms with Crippen LogP contribution in [0.15, 0.2) is 30.3 Å². The van der Waals surface area contributed by atoms with E-state index < -0.39 is 6.55 Å².